The number of carboxylic acid groups (broad SMARTS) is 3. The third-order valence-electron chi connectivity index (χ3n) is 26.7. The Kier molecular flexibility index (Phi) is 31.8. The number of anilines is 3. The van der Waals surface area contributed by atoms with Gasteiger partial charge in [-0.25, -0.2) is 61.3 Å². The van der Waals surface area contributed by atoms with Gasteiger partial charge < -0.3 is 75.5 Å². The largest absolute Gasteiger partial charge is 0.481 e. The van der Waals surface area contributed by atoms with Gasteiger partial charge in [-0.3, -0.25) is 58.8 Å². The standard InChI is InChI=1S/C33H34F2N6O6S.C33H35FN6O6S.C32H32ClFN6O6S/c1-18-21(8-9-22(34)28(18)35)29-27(32(45)47-2)23(37-30(38-29)31-36-11-14-48-31)15-39-12-13-40-24(25(39)17-42)16-41(33(40)46)20-6-3-19(4-7-20)5-10-26(43)44;1-19-22(4-3-5-23(19)34)29-28(32(44)46-2)24(36-30(37-29)31-35-12-15-47-31)16-38-13-14-39-25(26(38)18-41)17-40(33(39)45)21-9-6-20(7-10-21)8-11-27(42)43;1-46-31(44)26-22(36-29(30-35-11-14-47-30)37-28(26)20-3-2-4-21(34)27(20)33)15-38-12-13-39-23(24(38)17-41)16-40(32(39)45)19-8-5-18(6-9-19)7-10-25(42)43/h3-4,6-9,11,14,24-25,29,42H,5,10,12-13,15-17H2,1-2H3,(H,37,38)(H,43,44);3-7,9-10,12,15,25-26,29,41H,8,11,13-14,16-18H2,1-2H3,(H,36,37)(H,42,43);2-6,8-9,11,14,23-24,28,41H,7,10,12-13,15-17H2,1H3,(H,36,37)(H,42,43)/t24-,25-,29+;25-,26-,29+;23-,24-,28+/m111/s1. The average molecular weight is 2030 g/mol. The molecule has 0 unspecified atom stereocenters. The SMILES string of the molecule is COC(=O)C1=C(CN2CCN3C(=O)N(c4ccc(CCC(=O)O)cc4)C[C@@H]3[C@H]2CO)NC(c2nccs2)=N[C@H]1c1ccc(F)c(F)c1C.COC(=O)C1=C(CN2CCN3C(=O)N(c4ccc(CCC(=O)O)cc4)C[C@@H]3[C@H]2CO)NC(c2nccs2)=N[C@H]1c1cccc(F)c1C.COC(=O)C1=C(CN2CCN3C(=O)N(c4ccc(CCC(=O)O)cc4)C[C@@H]3[C@H]2CO)NC(c2nccs2)=N[C@H]1c1cccc(F)c1Cl. The number of methoxy groups -OCH3 is 3. The van der Waals surface area contributed by atoms with Crippen molar-refractivity contribution in [3.63, 3.8) is 0 Å². The lowest BCUT2D eigenvalue weighted by atomic mass is 9.91. The van der Waals surface area contributed by atoms with E-state index in [1.165, 1.54) is 86.5 Å². The smallest absolute Gasteiger partial charge is 0.338 e. The summed E-state index contributed by atoms with van der Waals surface area (Å²) in [6.45, 7) is 6.02. The van der Waals surface area contributed by atoms with Crippen molar-refractivity contribution in [2.45, 2.75) is 107 Å². The first kappa shape index (κ1) is 101. The highest BCUT2D eigenvalue weighted by Crippen LogP contribution is 2.44. The van der Waals surface area contributed by atoms with Crippen LogP contribution >= 0.6 is 45.6 Å². The highest BCUT2D eigenvalue weighted by molar-refractivity contribution is 7.12. The number of nitrogens with one attached hydrogen (secondary N) is 3. The lowest BCUT2D eigenvalue weighted by Gasteiger charge is -2.43. The van der Waals surface area contributed by atoms with Gasteiger partial charge in [-0.15, -0.1) is 34.0 Å². The second-order valence-electron chi connectivity index (χ2n) is 34.7. The number of aryl methyl sites for hydroxylation is 3. The third kappa shape index (κ3) is 21.4. The number of thiazole rings is 3. The van der Waals surface area contributed by atoms with E-state index in [0.717, 1.165) is 22.8 Å². The summed E-state index contributed by atoms with van der Waals surface area (Å²) in [5, 5.41) is 75.7. The highest BCUT2D eigenvalue weighted by Gasteiger charge is 2.52. The number of aliphatic hydroxyl groups is 3. The third-order valence-corrected chi connectivity index (χ3v) is 29.4. The first-order chi connectivity index (χ1) is 68.5. The Bertz CT molecular complexity index is 6210. The maximum absolute atomic E-state index is 14.8. The fourth-order valence-electron chi connectivity index (χ4n) is 19.4. The number of aliphatic hydroxyl groups excluding tert-OH is 3. The van der Waals surface area contributed by atoms with Crippen LogP contribution < -0.4 is 30.7 Å². The van der Waals surface area contributed by atoms with Crippen LogP contribution in [0.15, 0.2) is 205 Å². The zero-order chi connectivity index (χ0) is 101. The van der Waals surface area contributed by atoms with Gasteiger partial charge in [0.15, 0.2) is 44.2 Å². The number of hydrogen-bond acceptors (Lipinski definition) is 30. The molecule has 0 radical (unpaired) electrons. The van der Waals surface area contributed by atoms with E-state index in [1.54, 1.807) is 120 Å². The Labute approximate surface area is 828 Å². The molecule has 6 saturated heterocycles. The molecule has 0 spiro atoms. The zero-order valence-electron chi connectivity index (χ0n) is 77.5. The maximum Gasteiger partial charge on any atom is 0.338 e. The molecule has 0 saturated carbocycles. The molecule has 44 heteroatoms. The summed E-state index contributed by atoms with van der Waals surface area (Å²) in [7, 11) is 3.77. The number of amidine groups is 3. The van der Waals surface area contributed by atoms with Gasteiger partial charge in [0.2, 0.25) is 0 Å². The van der Waals surface area contributed by atoms with Crippen LogP contribution in [0.2, 0.25) is 5.02 Å². The van der Waals surface area contributed by atoms with Crippen LogP contribution in [-0.2, 0) is 62.2 Å². The van der Waals surface area contributed by atoms with Crippen molar-refractivity contribution in [1.29, 1.82) is 0 Å². The lowest BCUT2D eigenvalue weighted by molar-refractivity contribution is -0.138. The molecule has 36 nitrogen and oxygen atoms in total. The molecule has 0 aliphatic carbocycles. The van der Waals surface area contributed by atoms with Crippen LogP contribution in [-0.4, -0.2) is 302 Å². The number of amides is 6. The van der Waals surface area contributed by atoms with Gasteiger partial charge in [0.25, 0.3) is 0 Å². The molecule has 142 heavy (non-hydrogen) atoms. The molecule has 3 aromatic heterocycles. The van der Waals surface area contributed by atoms with Crippen molar-refractivity contribution in [2.75, 3.05) is 134 Å². The Morgan fingerprint density at radius 3 is 1.04 bits per heavy atom. The number of hydrogen-bond donors (Lipinski definition) is 9. The van der Waals surface area contributed by atoms with Crippen molar-refractivity contribution in [3.05, 3.63) is 278 Å². The predicted molar refractivity (Wildman–Crippen MR) is 519 cm³/mol. The number of benzene rings is 6. The average Bonchev–Trinajstić information content (AvgIpc) is 1.21. The quantitative estimate of drug-likeness (QED) is 0.0115. The molecule has 9 aromatic rings. The Balaban J connectivity index is 0.000000153. The number of aromatic nitrogens is 3. The molecule has 9 aliphatic heterocycles. The molecule has 12 heterocycles. The second-order valence-corrected chi connectivity index (χ2v) is 37.7. The van der Waals surface area contributed by atoms with Crippen molar-refractivity contribution < 1.29 is 106 Å². The summed E-state index contributed by atoms with van der Waals surface area (Å²) in [5.74, 6) is -6.60. The van der Waals surface area contributed by atoms with Gasteiger partial charge in [0.1, 0.15) is 29.8 Å². The summed E-state index contributed by atoms with van der Waals surface area (Å²) in [6, 6.07) is 27.1. The monoisotopic (exact) mass is 2020 g/mol. The minimum atomic E-state index is -1.04. The first-order valence-corrected chi connectivity index (χ1v) is 48.5. The Morgan fingerprint density at radius 1 is 0.415 bits per heavy atom. The number of urea groups is 3. The van der Waals surface area contributed by atoms with E-state index in [0.29, 0.717) is 156 Å². The molecular weight excluding hydrogens is 1920 g/mol. The predicted octanol–water partition coefficient (Wildman–Crippen LogP) is 9.82. The fraction of sp³-hybridized carbons (Fsp3) is 0.357. The molecule has 6 amide bonds. The molecule has 9 aliphatic rings. The van der Waals surface area contributed by atoms with Crippen LogP contribution in [0.4, 0.5) is 49.0 Å². The number of piperazine rings is 3. The lowest BCUT2D eigenvalue weighted by Crippen LogP contribution is -2.61. The van der Waals surface area contributed by atoms with Gasteiger partial charge >= 0.3 is 53.9 Å². The number of carbonyl (C=O) groups is 9. The zero-order valence-corrected chi connectivity index (χ0v) is 80.7. The molecule has 18 rings (SSSR count). The maximum atomic E-state index is 14.8. The first-order valence-electron chi connectivity index (χ1n) is 45.5. The highest BCUT2D eigenvalue weighted by atomic mass is 35.5. The van der Waals surface area contributed by atoms with Gasteiger partial charge in [-0.1, -0.05) is 78.3 Å². The molecule has 6 aromatic carbocycles. The van der Waals surface area contributed by atoms with Gasteiger partial charge in [0, 0.05) is 172 Å². The number of halogens is 5. The van der Waals surface area contributed by atoms with Crippen LogP contribution in [0.3, 0.4) is 0 Å². The van der Waals surface area contributed by atoms with E-state index in [1.807, 2.05) is 56.5 Å². The van der Waals surface area contributed by atoms with E-state index in [2.05, 4.69) is 30.9 Å². The number of carbonyl (C=O) groups excluding carboxylic acids is 6. The van der Waals surface area contributed by atoms with Crippen molar-refractivity contribution in [3.8, 4) is 0 Å². The van der Waals surface area contributed by atoms with Crippen molar-refractivity contribution in [1.82, 2.24) is 60.3 Å². The van der Waals surface area contributed by atoms with E-state index in [4.69, 9.17) is 56.1 Å². The van der Waals surface area contributed by atoms with Crippen LogP contribution in [0, 0.1) is 37.1 Å². The number of aliphatic imine (C=N–C) groups is 3. The van der Waals surface area contributed by atoms with E-state index < -0.39 is 95.3 Å². The number of carboxylic acids is 3. The normalized spacial score (nSPS) is 21.3. The molecular formula is C98H101ClF4N18O18S3. The summed E-state index contributed by atoms with van der Waals surface area (Å²) in [5.41, 5.74) is 7.88. The summed E-state index contributed by atoms with van der Waals surface area (Å²) in [6.07, 6.45) is 6.09. The summed E-state index contributed by atoms with van der Waals surface area (Å²) in [4.78, 5) is 157. The molecule has 6 fully saturated rings. The fourth-order valence-corrected chi connectivity index (χ4v) is 21.4. The number of ether oxygens (including phenoxy) is 3. The number of esters is 3. The van der Waals surface area contributed by atoms with Gasteiger partial charge in [-0.05, 0) is 127 Å². The van der Waals surface area contributed by atoms with Crippen LogP contribution in [0.1, 0.15) is 96.9 Å². The topological polar surface area (TPSA) is 444 Å². The van der Waals surface area contributed by atoms with Gasteiger partial charge in [0.05, 0.1) is 99.1 Å². The molecule has 9 N–H and O–H groups in total. The molecule has 0 bridgehead atoms. The number of aliphatic carboxylic acids is 3. The number of fused-ring (bicyclic) bond motifs is 3. The second kappa shape index (κ2) is 44.6. The van der Waals surface area contributed by atoms with Crippen LogP contribution in [0.25, 0.3) is 0 Å². The molecule has 9 atom stereocenters. The Morgan fingerprint density at radius 2 is 0.732 bits per heavy atom. The number of nitrogens with zero attached hydrogens (tertiary/aromatic N) is 15. The van der Waals surface area contributed by atoms with E-state index in [9.17, 15) is 76.0 Å². The Hall–Kier alpha value is -13.8. The minimum Gasteiger partial charge on any atom is -0.481 e. The molecule has 744 valence electrons. The van der Waals surface area contributed by atoms with E-state index in [-0.39, 0.29) is 133 Å². The minimum absolute atomic E-state index is 0.00576. The van der Waals surface area contributed by atoms with Crippen molar-refractivity contribution in [2.24, 2.45) is 15.0 Å². The van der Waals surface area contributed by atoms with Crippen molar-refractivity contribution >= 4 is 134 Å². The van der Waals surface area contributed by atoms with Crippen LogP contribution in [0.5, 0.6) is 0 Å². The van der Waals surface area contributed by atoms with Gasteiger partial charge in [-0.2, -0.15) is 0 Å². The van der Waals surface area contributed by atoms with E-state index >= 15 is 0 Å². The summed E-state index contributed by atoms with van der Waals surface area (Å²) < 4.78 is 74.0. The number of rotatable bonds is 30. The summed E-state index contributed by atoms with van der Waals surface area (Å²) >= 11 is 10.4.